The Hall–Kier alpha value is -2.49. The molecule has 0 spiro atoms. The van der Waals surface area contributed by atoms with Crippen LogP contribution in [0.2, 0.25) is 0 Å². The van der Waals surface area contributed by atoms with E-state index in [1.54, 1.807) is 12.1 Å². The number of rotatable bonds is 2. The average Bonchev–Trinajstić information content (AvgIpc) is 2.92. The third-order valence-electron chi connectivity index (χ3n) is 4.32. The van der Waals surface area contributed by atoms with E-state index in [1.165, 1.54) is 0 Å². The lowest BCUT2D eigenvalue weighted by atomic mass is 10.0. The normalized spacial score (nSPS) is 12.7. The minimum absolute atomic E-state index is 0.215. The lowest BCUT2D eigenvalue weighted by Gasteiger charge is -2.10. The van der Waals surface area contributed by atoms with Gasteiger partial charge in [-0.1, -0.05) is 72.1 Å². The molecule has 9 heteroatoms. The molecule has 1 aliphatic heterocycles. The molecule has 0 bridgehead atoms. The molecule has 31 heavy (non-hydrogen) atoms. The Morgan fingerprint density at radius 1 is 0.903 bits per heavy atom. The van der Waals surface area contributed by atoms with Gasteiger partial charge in [0.15, 0.2) is 5.84 Å². The van der Waals surface area contributed by atoms with Crippen molar-refractivity contribution in [1.82, 2.24) is 5.48 Å². The molecule has 0 unspecified atom stereocenters. The number of halogens is 3. The van der Waals surface area contributed by atoms with E-state index in [1.807, 2.05) is 54.6 Å². The number of benzene rings is 3. The summed E-state index contributed by atoms with van der Waals surface area (Å²) in [7, 11) is 0. The zero-order chi connectivity index (χ0) is 21.8. The fraction of sp³-hybridized carbons (Fsp3) is 0.0455. The summed E-state index contributed by atoms with van der Waals surface area (Å²) in [5, 5.41) is 2.65. The largest absolute Gasteiger partial charge is 0.435 e. The molecule has 1 amide bonds. The molecule has 0 aromatic heterocycles. The van der Waals surface area contributed by atoms with Gasteiger partial charge in [0.25, 0.3) is 0 Å². The third-order valence-corrected chi connectivity index (χ3v) is 6.00. The molecule has 0 saturated heterocycles. The van der Waals surface area contributed by atoms with E-state index in [0.29, 0.717) is 17.2 Å². The van der Waals surface area contributed by atoms with Crippen LogP contribution in [0.4, 0.5) is 16.2 Å². The van der Waals surface area contributed by atoms with Crippen LogP contribution in [0.1, 0.15) is 11.1 Å². The number of carbonyl (C=O) groups is 1. The van der Waals surface area contributed by atoms with Crippen molar-refractivity contribution >= 4 is 76.8 Å². The van der Waals surface area contributed by atoms with Gasteiger partial charge < -0.3 is 4.84 Å². The van der Waals surface area contributed by atoms with E-state index < -0.39 is 6.09 Å². The maximum atomic E-state index is 12.2. The number of amidine groups is 1. The van der Waals surface area contributed by atoms with E-state index in [2.05, 4.69) is 63.6 Å². The molecule has 6 nitrogen and oxygen atoms in total. The first-order valence-corrected chi connectivity index (χ1v) is 11.5. The number of anilines is 1. The minimum Gasteiger partial charge on any atom is -0.323 e. The molecule has 4 rings (SSSR count). The molecule has 1 aliphatic rings. The highest BCUT2D eigenvalue weighted by atomic mass is 79.9. The number of hydrogen-bond donors (Lipinski definition) is 2. The topological polar surface area (TPSA) is 75.1 Å². The molecular formula is C22H15Br3N4O2. The molecular weight excluding hydrogens is 592 g/mol. The van der Waals surface area contributed by atoms with Crippen LogP contribution >= 0.6 is 47.8 Å². The number of carbonyl (C=O) groups excluding carboxylic acids is 1. The molecule has 0 atom stereocenters. The number of nitrogens with one attached hydrogen (secondary N) is 2. The van der Waals surface area contributed by atoms with E-state index >= 15 is 0 Å². The Morgan fingerprint density at radius 3 is 2.52 bits per heavy atom. The fourth-order valence-corrected chi connectivity index (χ4v) is 4.20. The highest BCUT2D eigenvalue weighted by Gasteiger charge is 2.19. The van der Waals surface area contributed by atoms with Crippen LogP contribution < -0.4 is 10.8 Å². The minimum atomic E-state index is -0.656. The average molecular weight is 607 g/mol. The van der Waals surface area contributed by atoms with Crippen molar-refractivity contribution in [2.24, 2.45) is 9.98 Å². The predicted octanol–water partition coefficient (Wildman–Crippen LogP) is 6.61. The van der Waals surface area contributed by atoms with Gasteiger partial charge in [0.2, 0.25) is 0 Å². The first-order valence-electron chi connectivity index (χ1n) is 9.16. The highest BCUT2D eigenvalue weighted by molar-refractivity contribution is 9.11. The van der Waals surface area contributed by atoms with Crippen LogP contribution in [-0.2, 0) is 4.84 Å². The number of fused-ring (bicyclic) bond motifs is 1. The lowest BCUT2D eigenvalue weighted by molar-refractivity contribution is 0.134. The summed E-state index contributed by atoms with van der Waals surface area (Å²) in [5.74, 6) is 0.412. The van der Waals surface area contributed by atoms with Crippen LogP contribution in [0.5, 0.6) is 0 Å². The Morgan fingerprint density at radius 2 is 1.71 bits per heavy atom. The van der Waals surface area contributed by atoms with Gasteiger partial charge in [-0.15, -0.1) is 0 Å². The van der Waals surface area contributed by atoms with Gasteiger partial charge in [-0.25, -0.2) is 15.3 Å². The maximum Gasteiger partial charge on any atom is 0.435 e. The molecule has 0 saturated carbocycles. The van der Waals surface area contributed by atoms with Gasteiger partial charge >= 0.3 is 6.09 Å². The lowest BCUT2D eigenvalue weighted by Crippen LogP contribution is -2.31. The molecule has 0 radical (unpaired) electrons. The van der Waals surface area contributed by atoms with Crippen LogP contribution in [0.3, 0.4) is 0 Å². The zero-order valence-corrected chi connectivity index (χ0v) is 20.7. The second-order valence-corrected chi connectivity index (χ2v) is 9.18. The van der Waals surface area contributed by atoms with Gasteiger partial charge in [0, 0.05) is 30.2 Å². The van der Waals surface area contributed by atoms with Crippen LogP contribution in [0.25, 0.3) is 0 Å². The molecule has 0 fully saturated rings. The summed E-state index contributed by atoms with van der Waals surface area (Å²) in [4.78, 5) is 26.7. The summed E-state index contributed by atoms with van der Waals surface area (Å²) < 4.78 is 2.70. The molecule has 3 aromatic rings. The van der Waals surface area contributed by atoms with Crippen molar-refractivity contribution in [3.05, 3.63) is 91.3 Å². The van der Waals surface area contributed by atoms with E-state index in [0.717, 1.165) is 30.3 Å². The first-order chi connectivity index (χ1) is 15.0. The molecule has 3 aromatic carbocycles. The number of aliphatic imine (C=N–C) groups is 2. The Balaban J connectivity index is 1.56. The van der Waals surface area contributed by atoms with E-state index in [4.69, 9.17) is 9.83 Å². The van der Waals surface area contributed by atoms with Crippen molar-refractivity contribution in [3.8, 4) is 0 Å². The molecule has 2 N–H and O–H groups in total. The summed E-state index contributed by atoms with van der Waals surface area (Å²) in [6.07, 6.45) is -0.656. The predicted molar refractivity (Wildman–Crippen MR) is 133 cm³/mol. The quantitative estimate of drug-likeness (QED) is 0.323. The second-order valence-electron chi connectivity index (χ2n) is 6.49. The summed E-state index contributed by atoms with van der Waals surface area (Å²) >= 11 is 10.5. The van der Waals surface area contributed by atoms with Gasteiger partial charge in [0.05, 0.1) is 11.4 Å². The zero-order valence-electron chi connectivity index (χ0n) is 15.9. The first kappa shape index (κ1) is 21.7. The summed E-state index contributed by atoms with van der Waals surface area (Å²) in [6, 6.07) is 20.9. The summed E-state index contributed by atoms with van der Waals surface area (Å²) in [5.41, 5.74) is 6.57. The van der Waals surface area contributed by atoms with Gasteiger partial charge in [-0.3, -0.25) is 10.3 Å². The maximum absolute atomic E-state index is 12.2. The standard InChI is InChI=1S/C22H15Br3N4O2/c23-13-4-3-5-15(10-13)27-22(30)31-29-20-12-26-21(16-6-1-2-7-18(16)25)17-11-14(24)8-9-19(17)28-20/h1-11H,12H2,(H,27,30)(H,28,29). The van der Waals surface area contributed by atoms with Gasteiger partial charge in [-0.05, 0) is 42.5 Å². The third kappa shape index (κ3) is 5.41. The smallest absolute Gasteiger partial charge is 0.323 e. The molecule has 1 heterocycles. The number of amides is 1. The molecule has 156 valence electrons. The fourth-order valence-electron chi connectivity index (χ4n) is 2.97. The van der Waals surface area contributed by atoms with Crippen LogP contribution in [0.15, 0.2) is 90.1 Å². The Bertz CT molecular complexity index is 1210. The highest BCUT2D eigenvalue weighted by Crippen LogP contribution is 2.30. The van der Waals surface area contributed by atoms with Crippen molar-refractivity contribution in [2.45, 2.75) is 0 Å². The Labute approximate surface area is 204 Å². The second kappa shape index (κ2) is 9.76. The summed E-state index contributed by atoms with van der Waals surface area (Å²) in [6.45, 7) is 0.215. The number of hydroxylamine groups is 1. The van der Waals surface area contributed by atoms with E-state index in [9.17, 15) is 4.79 Å². The van der Waals surface area contributed by atoms with Crippen molar-refractivity contribution < 1.29 is 9.63 Å². The number of hydrogen-bond acceptors (Lipinski definition) is 5. The van der Waals surface area contributed by atoms with Gasteiger partial charge in [0.1, 0.15) is 6.54 Å². The van der Waals surface area contributed by atoms with Crippen molar-refractivity contribution in [1.29, 1.82) is 0 Å². The Kier molecular flexibility index (Phi) is 6.84. The van der Waals surface area contributed by atoms with Crippen molar-refractivity contribution in [3.63, 3.8) is 0 Å². The SMILES string of the molecule is O=C(Nc1cccc(Br)c1)ONC1=Nc2ccc(Br)cc2C(c2ccccc2Br)=NC1. The number of nitrogens with zero attached hydrogens (tertiary/aromatic N) is 2. The van der Waals surface area contributed by atoms with Crippen LogP contribution in [-0.4, -0.2) is 24.2 Å². The van der Waals surface area contributed by atoms with Gasteiger partial charge in [-0.2, -0.15) is 0 Å². The van der Waals surface area contributed by atoms with Crippen molar-refractivity contribution in [2.75, 3.05) is 11.9 Å². The van der Waals surface area contributed by atoms with Crippen LogP contribution in [0, 0.1) is 0 Å². The molecule has 0 aliphatic carbocycles. The van der Waals surface area contributed by atoms with E-state index in [-0.39, 0.29) is 6.54 Å². The monoisotopic (exact) mass is 604 g/mol.